The summed E-state index contributed by atoms with van der Waals surface area (Å²) in [5.41, 5.74) is 2.68. The van der Waals surface area contributed by atoms with Crippen LogP contribution in [0.25, 0.3) is 17.1 Å². The van der Waals surface area contributed by atoms with Crippen molar-refractivity contribution in [3.05, 3.63) is 89.7 Å². The minimum absolute atomic E-state index is 0.0381. The first-order chi connectivity index (χ1) is 21.7. The Morgan fingerprint density at radius 1 is 1.02 bits per heavy atom. The highest BCUT2D eigenvalue weighted by Crippen LogP contribution is 2.35. The molecular formula is C31H26F5N5O4S. The molecule has 46 heavy (non-hydrogen) atoms. The number of ether oxygens (including phenoxy) is 2. The summed E-state index contributed by atoms with van der Waals surface area (Å²) in [4.78, 5) is 34.5. The monoisotopic (exact) mass is 659 g/mol. The molecule has 0 bridgehead atoms. The Balaban J connectivity index is 1.24. The summed E-state index contributed by atoms with van der Waals surface area (Å²) in [7, 11) is 0. The number of rotatable bonds is 8. The summed E-state index contributed by atoms with van der Waals surface area (Å²) in [6.07, 6.45) is -4.76. The molecule has 0 aliphatic carbocycles. The van der Waals surface area contributed by atoms with Crippen molar-refractivity contribution in [2.75, 3.05) is 17.3 Å². The van der Waals surface area contributed by atoms with Gasteiger partial charge in [-0.2, -0.15) is 13.8 Å². The minimum Gasteiger partial charge on any atom is -0.441 e. The largest absolute Gasteiger partial charge is 0.573 e. The topological polar surface area (TPSA) is 98.9 Å². The van der Waals surface area contributed by atoms with Crippen molar-refractivity contribution in [3.8, 4) is 22.8 Å². The third-order valence-corrected chi connectivity index (χ3v) is 7.69. The van der Waals surface area contributed by atoms with Crippen molar-refractivity contribution >= 4 is 34.6 Å². The molecule has 1 saturated heterocycles. The highest BCUT2D eigenvalue weighted by molar-refractivity contribution is 8.15. The number of halogens is 5. The first-order valence-corrected chi connectivity index (χ1v) is 14.8. The second-order valence-electron chi connectivity index (χ2n) is 10.5. The lowest BCUT2D eigenvalue weighted by Crippen LogP contribution is -2.31. The van der Waals surface area contributed by atoms with Crippen molar-refractivity contribution in [2.24, 2.45) is 4.99 Å². The van der Waals surface area contributed by atoms with E-state index in [9.17, 15) is 22.8 Å². The van der Waals surface area contributed by atoms with E-state index < -0.39 is 36.3 Å². The molecule has 1 aliphatic heterocycles. The lowest BCUT2D eigenvalue weighted by Gasteiger charge is -2.22. The van der Waals surface area contributed by atoms with Crippen molar-refractivity contribution in [3.63, 3.8) is 0 Å². The van der Waals surface area contributed by atoms with E-state index in [1.54, 1.807) is 0 Å². The standard InChI is InChI=1S/C31H26F5N5O4S/c1-18(2)24-13-4-19(3)14-25(24)41-26(42)15-46-28(41)38-29(43)44-16-30(32,33)21-7-5-20(6-8-21)27-37-17-40(39-27)22-9-11-23(12-10-22)45-31(34,35)36/h4-14,17-18H,15-16H2,1-3H3/b38-28-. The Hall–Kier alpha value is -4.79. The minimum atomic E-state index is -4.82. The van der Waals surface area contributed by atoms with Crippen molar-refractivity contribution < 1.29 is 41.0 Å². The highest BCUT2D eigenvalue weighted by atomic mass is 32.2. The fourth-order valence-electron chi connectivity index (χ4n) is 4.55. The van der Waals surface area contributed by atoms with Crippen LogP contribution < -0.4 is 9.64 Å². The van der Waals surface area contributed by atoms with E-state index in [0.29, 0.717) is 16.9 Å². The molecule has 2 heterocycles. The van der Waals surface area contributed by atoms with Crippen molar-refractivity contribution in [1.82, 2.24) is 14.8 Å². The molecule has 9 nitrogen and oxygen atoms in total. The molecule has 0 saturated carbocycles. The Kier molecular flexibility index (Phi) is 9.15. The van der Waals surface area contributed by atoms with Crippen LogP contribution in [0.2, 0.25) is 0 Å². The Morgan fingerprint density at radius 3 is 2.37 bits per heavy atom. The average molecular weight is 660 g/mol. The molecule has 5 rings (SSSR count). The zero-order valence-corrected chi connectivity index (χ0v) is 25.4. The fourth-order valence-corrected chi connectivity index (χ4v) is 5.40. The number of nitrogens with zero attached hydrogens (tertiary/aromatic N) is 5. The Bertz CT molecular complexity index is 1770. The lowest BCUT2D eigenvalue weighted by atomic mass is 9.99. The number of aliphatic imine (C=N–C) groups is 1. The molecule has 0 N–H and O–H groups in total. The van der Waals surface area contributed by atoms with Gasteiger partial charge in [-0.05, 0) is 54.3 Å². The molecule has 2 amide bonds. The highest BCUT2D eigenvalue weighted by Gasteiger charge is 2.36. The maximum Gasteiger partial charge on any atom is 0.573 e. The SMILES string of the molecule is Cc1ccc(C(C)C)c(N2C(=O)CS/C2=N\C(=O)OCC(F)(F)c2ccc(-c3ncn(-c4ccc(OC(F)(F)F)cc4)n3)cc2)c1. The zero-order valence-electron chi connectivity index (χ0n) is 24.6. The number of aromatic nitrogens is 3. The normalized spacial score (nSPS) is 14.8. The van der Waals surface area contributed by atoms with Crippen LogP contribution in [0, 0.1) is 6.92 Å². The maximum atomic E-state index is 15.0. The third-order valence-electron chi connectivity index (χ3n) is 6.77. The number of aryl methyl sites for hydroxylation is 1. The molecule has 1 aliphatic rings. The van der Waals surface area contributed by atoms with Crippen LogP contribution in [0.15, 0.2) is 78.0 Å². The van der Waals surface area contributed by atoms with Crippen LogP contribution in [-0.2, 0) is 15.5 Å². The van der Waals surface area contributed by atoms with Crippen molar-refractivity contribution in [1.29, 1.82) is 0 Å². The number of hydrogen-bond acceptors (Lipinski definition) is 7. The number of thioether (sulfide) groups is 1. The van der Waals surface area contributed by atoms with Crippen LogP contribution >= 0.6 is 11.8 Å². The molecule has 3 aromatic carbocycles. The lowest BCUT2D eigenvalue weighted by molar-refractivity contribution is -0.274. The van der Waals surface area contributed by atoms with Crippen molar-refractivity contribution in [2.45, 2.75) is 39.0 Å². The summed E-state index contributed by atoms with van der Waals surface area (Å²) in [5, 5.41) is 4.30. The van der Waals surface area contributed by atoms with E-state index in [0.717, 1.165) is 47.2 Å². The number of alkyl halides is 5. The first kappa shape index (κ1) is 32.6. The van der Waals surface area contributed by atoms with E-state index in [-0.39, 0.29) is 28.6 Å². The van der Waals surface area contributed by atoms with Gasteiger partial charge in [-0.1, -0.05) is 62.0 Å². The second kappa shape index (κ2) is 12.9. The number of carbonyl (C=O) groups excluding carboxylic acids is 2. The van der Waals surface area contributed by atoms with E-state index in [2.05, 4.69) is 19.8 Å². The summed E-state index contributed by atoms with van der Waals surface area (Å²) in [6, 6.07) is 15.6. The molecule has 0 unspecified atom stereocenters. The Morgan fingerprint density at radius 2 is 1.72 bits per heavy atom. The van der Waals surface area contributed by atoms with Gasteiger partial charge in [0.1, 0.15) is 12.1 Å². The van der Waals surface area contributed by atoms with Gasteiger partial charge in [0.15, 0.2) is 17.6 Å². The van der Waals surface area contributed by atoms with Gasteiger partial charge >= 0.3 is 18.4 Å². The van der Waals surface area contributed by atoms with Gasteiger partial charge in [-0.25, -0.2) is 14.5 Å². The van der Waals surface area contributed by atoms with E-state index in [1.807, 2.05) is 39.0 Å². The number of carbonyl (C=O) groups is 2. The fraction of sp³-hybridized carbons (Fsp3) is 0.258. The predicted octanol–water partition coefficient (Wildman–Crippen LogP) is 7.63. The van der Waals surface area contributed by atoms with Gasteiger partial charge in [0, 0.05) is 11.1 Å². The van der Waals surface area contributed by atoms with Gasteiger partial charge in [0.05, 0.1) is 17.1 Å². The molecule has 0 spiro atoms. The van der Waals surface area contributed by atoms with Crippen LogP contribution in [-0.4, -0.2) is 50.7 Å². The molecule has 0 radical (unpaired) electrons. The van der Waals surface area contributed by atoms with Gasteiger partial charge in [0.2, 0.25) is 5.91 Å². The van der Waals surface area contributed by atoms with Crippen LogP contribution in [0.1, 0.15) is 36.5 Å². The van der Waals surface area contributed by atoms with Crippen LogP contribution in [0.5, 0.6) is 5.75 Å². The van der Waals surface area contributed by atoms with Gasteiger partial charge in [-0.15, -0.1) is 18.3 Å². The second-order valence-corrected chi connectivity index (χ2v) is 11.5. The molecule has 1 aromatic heterocycles. The first-order valence-electron chi connectivity index (χ1n) is 13.8. The maximum absolute atomic E-state index is 15.0. The van der Waals surface area contributed by atoms with E-state index in [4.69, 9.17) is 4.74 Å². The van der Waals surface area contributed by atoms with Crippen LogP contribution in [0.4, 0.5) is 32.4 Å². The summed E-state index contributed by atoms with van der Waals surface area (Å²) < 4.78 is 77.2. The number of amidine groups is 1. The van der Waals surface area contributed by atoms with Gasteiger partial charge in [0.25, 0.3) is 0 Å². The van der Waals surface area contributed by atoms with E-state index >= 15 is 8.78 Å². The molecule has 1 fully saturated rings. The molecule has 0 atom stereocenters. The van der Waals surface area contributed by atoms with Gasteiger partial charge in [-0.3, -0.25) is 9.69 Å². The van der Waals surface area contributed by atoms with Crippen LogP contribution in [0.3, 0.4) is 0 Å². The molecule has 15 heteroatoms. The predicted molar refractivity (Wildman–Crippen MR) is 161 cm³/mol. The Labute approximate surface area is 264 Å². The number of benzene rings is 3. The molecule has 240 valence electrons. The quantitative estimate of drug-likeness (QED) is 0.179. The molecule has 4 aromatic rings. The average Bonchev–Trinajstić information content (AvgIpc) is 3.63. The zero-order chi connectivity index (χ0) is 33.2. The number of anilines is 1. The smallest absolute Gasteiger partial charge is 0.441 e. The van der Waals surface area contributed by atoms with Gasteiger partial charge < -0.3 is 9.47 Å². The van der Waals surface area contributed by atoms with E-state index in [1.165, 1.54) is 40.2 Å². The summed E-state index contributed by atoms with van der Waals surface area (Å²) in [5.74, 6) is -3.97. The third kappa shape index (κ3) is 7.53. The number of amides is 2. The summed E-state index contributed by atoms with van der Waals surface area (Å²) >= 11 is 1.02. The number of hydrogen-bond donors (Lipinski definition) is 0. The summed E-state index contributed by atoms with van der Waals surface area (Å²) in [6.45, 7) is 4.51. The molecular weight excluding hydrogens is 633 g/mol.